The zero-order valence-electron chi connectivity index (χ0n) is 14.4. The van der Waals surface area contributed by atoms with Gasteiger partial charge in [-0.1, -0.05) is 45.0 Å². The van der Waals surface area contributed by atoms with E-state index in [1.165, 1.54) is 17.5 Å². The molecule has 0 amide bonds. The second-order valence-corrected chi connectivity index (χ2v) is 7.57. The second-order valence-electron chi connectivity index (χ2n) is 7.57. The molecular formula is C19H32N2. The molecule has 1 aliphatic rings. The molecule has 118 valence electrons. The van der Waals surface area contributed by atoms with E-state index in [1.54, 1.807) is 0 Å². The maximum Gasteiger partial charge on any atom is 0.0281 e. The summed E-state index contributed by atoms with van der Waals surface area (Å²) >= 11 is 0. The molecule has 2 nitrogen and oxygen atoms in total. The highest BCUT2D eigenvalue weighted by Crippen LogP contribution is 2.23. The lowest BCUT2D eigenvalue weighted by molar-refractivity contribution is 0.0536. The molecule has 0 aliphatic carbocycles. The summed E-state index contributed by atoms with van der Waals surface area (Å²) in [6.07, 6.45) is 2.39. The molecule has 1 fully saturated rings. The zero-order valence-corrected chi connectivity index (χ0v) is 14.4. The van der Waals surface area contributed by atoms with Crippen LogP contribution in [0.15, 0.2) is 24.3 Å². The van der Waals surface area contributed by atoms with E-state index in [9.17, 15) is 0 Å². The molecule has 1 aromatic carbocycles. The third-order valence-corrected chi connectivity index (χ3v) is 4.68. The summed E-state index contributed by atoms with van der Waals surface area (Å²) in [6.45, 7) is 14.8. The molecule has 0 aromatic heterocycles. The first-order chi connectivity index (χ1) is 9.90. The quantitative estimate of drug-likeness (QED) is 0.885. The van der Waals surface area contributed by atoms with Gasteiger partial charge in [0.15, 0.2) is 0 Å². The lowest BCUT2D eigenvalue weighted by Gasteiger charge is -2.46. The molecule has 21 heavy (non-hydrogen) atoms. The Kier molecular flexibility index (Phi) is 5.45. The van der Waals surface area contributed by atoms with Crippen LogP contribution in [0.5, 0.6) is 0 Å². The Balaban J connectivity index is 2.03. The summed E-state index contributed by atoms with van der Waals surface area (Å²) < 4.78 is 0. The first kappa shape index (κ1) is 16.5. The second kappa shape index (κ2) is 6.93. The normalized spacial score (nSPS) is 22.7. The van der Waals surface area contributed by atoms with Crippen molar-refractivity contribution in [3.8, 4) is 0 Å². The van der Waals surface area contributed by atoms with Crippen LogP contribution in [0.2, 0.25) is 0 Å². The first-order valence-electron chi connectivity index (χ1n) is 8.47. The molecule has 1 unspecified atom stereocenters. The van der Waals surface area contributed by atoms with Crippen LogP contribution in [-0.2, 0) is 13.0 Å². The monoisotopic (exact) mass is 288 g/mol. The molecule has 0 radical (unpaired) electrons. The molecule has 1 saturated heterocycles. The Morgan fingerprint density at radius 3 is 2.38 bits per heavy atom. The molecule has 1 N–H and O–H groups in total. The first-order valence-corrected chi connectivity index (χ1v) is 8.47. The number of hydrogen-bond donors (Lipinski definition) is 1. The van der Waals surface area contributed by atoms with Crippen LogP contribution in [0.1, 0.15) is 52.2 Å². The van der Waals surface area contributed by atoms with Crippen molar-refractivity contribution >= 4 is 0 Å². The maximum atomic E-state index is 3.73. The third kappa shape index (κ3) is 4.55. The lowest BCUT2D eigenvalue weighted by Crippen LogP contribution is -2.61. The summed E-state index contributed by atoms with van der Waals surface area (Å²) in [5.74, 6) is 0.759. The summed E-state index contributed by atoms with van der Waals surface area (Å²) in [6, 6.07) is 9.78. The van der Waals surface area contributed by atoms with Gasteiger partial charge in [0, 0.05) is 31.2 Å². The van der Waals surface area contributed by atoms with Gasteiger partial charge in [0.2, 0.25) is 0 Å². The summed E-state index contributed by atoms with van der Waals surface area (Å²) in [5, 5.41) is 3.73. The van der Waals surface area contributed by atoms with Gasteiger partial charge in [-0.05, 0) is 43.7 Å². The van der Waals surface area contributed by atoms with Crippen LogP contribution in [-0.4, -0.2) is 29.6 Å². The minimum absolute atomic E-state index is 0.233. The minimum Gasteiger partial charge on any atom is -0.311 e. The fourth-order valence-electron chi connectivity index (χ4n) is 3.19. The van der Waals surface area contributed by atoms with Gasteiger partial charge in [-0.3, -0.25) is 4.90 Å². The van der Waals surface area contributed by atoms with E-state index >= 15 is 0 Å². The van der Waals surface area contributed by atoms with Gasteiger partial charge in [-0.2, -0.15) is 0 Å². The van der Waals surface area contributed by atoms with Crippen LogP contribution < -0.4 is 5.32 Å². The van der Waals surface area contributed by atoms with Gasteiger partial charge in [0.1, 0.15) is 0 Å². The predicted molar refractivity (Wildman–Crippen MR) is 91.6 cm³/mol. The zero-order chi connectivity index (χ0) is 15.5. The van der Waals surface area contributed by atoms with E-state index < -0.39 is 0 Å². The highest BCUT2D eigenvalue weighted by molar-refractivity contribution is 5.22. The van der Waals surface area contributed by atoms with Crippen molar-refractivity contribution in [2.45, 2.75) is 65.6 Å². The SMILES string of the molecule is CCc1ccc(CN2CC(CC(C)C)NCC2(C)C)cc1. The van der Waals surface area contributed by atoms with E-state index in [-0.39, 0.29) is 5.54 Å². The van der Waals surface area contributed by atoms with Crippen molar-refractivity contribution in [3.05, 3.63) is 35.4 Å². The maximum absolute atomic E-state index is 3.73. The van der Waals surface area contributed by atoms with Gasteiger partial charge in [-0.15, -0.1) is 0 Å². The van der Waals surface area contributed by atoms with Gasteiger partial charge in [-0.25, -0.2) is 0 Å². The van der Waals surface area contributed by atoms with Crippen LogP contribution in [0.25, 0.3) is 0 Å². The van der Waals surface area contributed by atoms with Crippen molar-refractivity contribution in [2.75, 3.05) is 13.1 Å². The van der Waals surface area contributed by atoms with Gasteiger partial charge >= 0.3 is 0 Å². The summed E-state index contributed by atoms with van der Waals surface area (Å²) in [5.41, 5.74) is 3.10. The van der Waals surface area contributed by atoms with Crippen LogP contribution in [0, 0.1) is 5.92 Å². The van der Waals surface area contributed by atoms with Gasteiger partial charge < -0.3 is 5.32 Å². The highest BCUT2D eigenvalue weighted by Gasteiger charge is 2.33. The topological polar surface area (TPSA) is 15.3 Å². The molecule has 1 heterocycles. The van der Waals surface area contributed by atoms with Gasteiger partial charge in [0.05, 0.1) is 0 Å². The molecule has 2 rings (SSSR count). The molecule has 0 saturated carbocycles. The Bertz CT molecular complexity index is 433. The smallest absolute Gasteiger partial charge is 0.0281 e. The van der Waals surface area contributed by atoms with E-state index in [4.69, 9.17) is 0 Å². The number of nitrogens with zero attached hydrogens (tertiary/aromatic N) is 1. The van der Waals surface area contributed by atoms with Crippen molar-refractivity contribution in [3.63, 3.8) is 0 Å². The van der Waals surface area contributed by atoms with E-state index in [0.717, 1.165) is 32.0 Å². The van der Waals surface area contributed by atoms with Crippen molar-refractivity contribution in [2.24, 2.45) is 5.92 Å². The fraction of sp³-hybridized carbons (Fsp3) is 0.684. The third-order valence-electron chi connectivity index (χ3n) is 4.68. The molecule has 1 aromatic rings. The number of nitrogens with one attached hydrogen (secondary N) is 1. The van der Waals surface area contributed by atoms with Crippen LogP contribution in [0.4, 0.5) is 0 Å². The lowest BCUT2D eigenvalue weighted by atomic mass is 9.93. The standard InChI is InChI=1S/C19H32N2/c1-6-16-7-9-17(10-8-16)12-21-13-18(11-15(2)3)20-14-19(21,4)5/h7-10,15,18,20H,6,11-14H2,1-5H3. The Morgan fingerprint density at radius 1 is 1.19 bits per heavy atom. The summed E-state index contributed by atoms with van der Waals surface area (Å²) in [7, 11) is 0. The Morgan fingerprint density at radius 2 is 1.81 bits per heavy atom. The molecule has 1 atom stereocenters. The average molecular weight is 288 g/mol. The number of benzene rings is 1. The Labute approximate surface area is 130 Å². The molecular weight excluding hydrogens is 256 g/mol. The van der Waals surface area contributed by atoms with Crippen LogP contribution >= 0.6 is 0 Å². The van der Waals surface area contributed by atoms with Crippen molar-refractivity contribution < 1.29 is 0 Å². The van der Waals surface area contributed by atoms with E-state index in [0.29, 0.717) is 6.04 Å². The minimum atomic E-state index is 0.233. The highest BCUT2D eigenvalue weighted by atomic mass is 15.3. The molecule has 0 spiro atoms. The van der Waals surface area contributed by atoms with Crippen molar-refractivity contribution in [1.82, 2.24) is 10.2 Å². The average Bonchev–Trinajstić information content (AvgIpc) is 2.43. The number of aryl methyl sites for hydroxylation is 1. The number of rotatable bonds is 5. The molecule has 0 bridgehead atoms. The number of piperazine rings is 1. The predicted octanol–water partition coefficient (Wildman–Crippen LogP) is 3.85. The molecule has 2 heteroatoms. The molecule has 1 aliphatic heterocycles. The number of hydrogen-bond acceptors (Lipinski definition) is 2. The van der Waals surface area contributed by atoms with E-state index in [1.807, 2.05) is 0 Å². The van der Waals surface area contributed by atoms with Crippen molar-refractivity contribution in [1.29, 1.82) is 0 Å². The fourth-order valence-corrected chi connectivity index (χ4v) is 3.19. The largest absolute Gasteiger partial charge is 0.311 e. The van der Waals surface area contributed by atoms with E-state index in [2.05, 4.69) is 69.1 Å². The van der Waals surface area contributed by atoms with Crippen LogP contribution in [0.3, 0.4) is 0 Å². The summed E-state index contributed by atoms with van der Waals surface area (Å²) in [4.78, 5) is 2.65. The van der Waals surface area contributed by atoms with Gasteiger partial charge in [0.25, 0.3) is 0 Å². The Hall–Kier alpha value is -0.860.